The van der Waals surface area contributed by atoms with Crippen LogP contribution < -0.4 is 14.8 Å². The van der Waals surface area contributed by atoms with Gasteiger partial charge in [-0.15, -0.1) is 0 Å². The molecule has 0 heterocycles. The molecule has 0 aliphatic carbocycles. The van der Waals surface area contributed by atoms with E-state index in [2.05, 4.69) is 5.32 Å². The van der Waals surface area contributed by atoms with Crippen LogP contribution in [0.2, 0.25) is 0 Å². The zero-order chi connectivity index (χ0) is 19.3. The molecule has 2 rings (SSSR count). The lowest BCUT2D eigenvalue weighted by Crippen LogP contribution is -2.11. The summed E-state index contributed by atoms with van der Waals surface area (Å²) in [7, 11) is 3.02. The van der Waals surface area contributed by atoms with E-state index in [1.807, 2.05) is 0 Å². The molecule has 0 radical (unpaired) electrons. The number of benzene rings is 2. The van der Waals surface area contributed by atoms with E-state index in [0.717, 1.165) is 12.1 Å². The first-order valence-corrected chi connectivity index (χ1v) is 7.63. The Bertz CT molecular complexity index is 829. The summed E-state index contributed by atoms with van der Waals surface area (Å²) in [5.41, 5.74) is 0.505. The fourth-order valence-electron chi connectivity index (χ4n) is 2.35. The summed E-state index contributed by atoms with van der Waals surface area (Å²) in [5, 5.41) is 2.43. The number of hydrogen-bond donors (Lipinski definition) is 1. The Kier molecular flexibility index (Phi) is 5.92. The minimum Gasteiger partial charge on any atom is -0.497 e. The van der Waals surface area contributed by atoms with Crippen molar-refractivity contribution >= 4 is 17.2 Å². The molecule has 0 spiro atoms. The predicted molar refractivity (Wildman–Crippen MR) is 93.3 cm³/mol. The Balaban J connectivity index is 2.21. The second-order valence-corrected chi connectivity index (χ2v) is 5.46. The molecule has 2 aromatic carbocycles. The van der Waals surface area contributed by atoms with Crippen molar-refractivity contribution < 1.29 is 27.4 Å². The van der Waals surface area contributed by atoms with Crippen molar-refractivity contribution in [3.8, 4) is 11.5 Å². The van der Waals surface area contributed by atoms with Crippen molar-refractivity contribution in [2.75, 3.05) is 19.5 Å². The number of carbonyl (C=O) groups excluding carboxylic acids is 1. The molecule has 4 nitrogen and oxygen atoms in total. The Morgan fingerprint density at radius 1 is 1.08 bits per heavy atom. The number of hydrogen-bond acceptors (Lipinski definition) is 3. The molecule has 0 atom stereocenters. The summed E-state index contributed by atoms with van der Waals surface area (Å²) in [5.74, 6) is 0.580. The van der Waals surface area contributed by atoms with Crippen LogP contribution in [0.4, 0.5) is 18.9 Å². The molecular weight excluding hydrogens is 347 g/mol. The lowest BCUT2D eigenvalue weighted by Gasteiger charge is -2.11. The molecule has 1 amide bonds. The molecule has 1 N–H and O–H groups in total. The molecule has 0 aliphatic heterocycles. The summed E-state index contributed by atoms with van der Waals surface area (Å²) in [6, 6.07) is 9.60. The number of halogens is 3. The number of allylic oxidation sites excluding steroid dienone is 1. The van der Waals surface area contributed by atoms with Crippen LogP contribution in [0.15, 0.2) is 48.5 Å². The highest BCUT2D eigenvalue weighted by molar-refractivity contribution is 6.04. The fraction of sp³-hybridized carbons (Fsp3) is 0.211. The summed E-state index contributed by atoms with van der Waals surface area (Å²) < 4.78 is 48.6. The third-order valence-electron chi connectivity index (χ3n) is 3.64. The first-order valence-electron chi connectivity index (χ1n) is 7.63. The minimum atomic E-state index is -4.47. The van der Waals surface area contributed by atoms with E-state index in [0.29, 0.717) is 22.6 Å². The first-order chi connectivity index (χ1) is 12.2. The van der Waals surface area contributed by atoms with Gasteiger partial charge in [-0.3, -0.25) is 4.79 Å². The van der Waals surface area contributed by atoms with Crippen molar-refractivity contribution in [2.24, 2.45) is 0 Å². The van der Waals surface area contributed by atoms with Gasteiger partial charge in [-0.05, 0) is 42.8 Å². The van der Waals surface area contributed by atoms with Crippen LogP contribution in [-0.2, 0) is 11.0 Å². The maximum atomic E-state index is 12.7. The lowest BCUT2D eigenvalue weighted by atomic mass is 10.1. The van der Waals surface area contributed by atoms with E-state index in [1.54, 1.807) is 25.1 Å². The van der Waals surface area contributed by atoms with Gasteiger partial charge < -0.3 is 14.8 Å². The summed E-state index contributed by atoms with van der Waals surface area (Å²) >= 11 is 0. The number of ether oxygens (including phenoxy) is 2. The van der Waals surface area contributed by atoms with Gasteiger partial charge in [-0.1, -0.05) is 6.07 Å². The second-order valence-electron chi connectivity index (χ2n) is 5.46. The number of rotatable bonds is 5. The monoisotopic (exact) mass is 365 g/mol. The SMILES string of the molecule is COc1ccc(/C(C)=C/C(=O)Nc2cccc(C(F)(F)F)c2)c(OC)c1. The number of anilines is 1. The highest BCUT2D eigenvalue weighted by Crippen LogP contribution is 2.31. The highest BCUT2D eigenvalue weighted by atomic mass is 19.4. The van der Waals surface area contributed by atoms with Crippen molar-refractivity contribution in [1.82, 2.24) is 0 Å². The van der Waals surface area contributed by atoms with Gasteiger partial charge in [0.1, 0.15) is 11.5 Å². The molecule has 138 valence electrons. The number of amides is 1. The van der Waals surface area contributed by atoms with Crippen LogP contribution in [0.1, 0.15) is 18.1 Å². The molecule has 0 aromatic heterocycles. The van der Waals surface area contributed by atoms with Crippen LogP contribution in [0, 0.1) is 0 Å². The van der Waals surface area contributed by atoms with Crippen LogP contribution >= 0.6 is 0 Å². The number of carbonyl (C=O) groups is 1. The maximum absolute atomic E-state index is 12.7. The number of nitrogens with one attached hydrogen (secondary N) is 1. The van der Waals surface area contributed by atoms with Crippen LogP contribution in [-0.4, -0.2) is 20.1 Å². The molecule has 0 saturated carbocycles. The fourth-order valence-corrected chi connectivity index (χ4v) is 2.35. The molecule has 26 heavy (non-hydrogen) atoms. The van der Waals surface area contributed by atoms with Gasteiger partial charge in [-0.25, -0.2) is 0 Å². The summed E-state index contributed by atoms with van der Waals surface area (Å²) in [6.07, 6.45) is -3.17. The summed E-state index contributed by atoms with van der Waals surface area (Å²) in [4.78, 5) is 12.1. The Labute approximate surface area is 149 Å². The third-order valence-corrected chi connectivity index (χ3v) is 3.64. The molecular formula is C19H18F3NO3. The molecule has 7 heteroatoms. The van der Waals surface area contributed by atoms with Gasteiger partial charge in [0.15, 0.2) is 0 Å². The topological polar surface area (TPSA) is 47.6 Å². The Hall–Kier alpha value is -2.96. The number of methoxy groups -OCH3 is 2. The van der Waals surface area contributed by atoms with E-state index >= 15 is 0 Å². The van der Waals surface area contributed by atoms with Gasteiger partial charge in [0.05, 0.1) is 19.8 Å². The number of alkyl halides is 3. The van der Waals surface area contributed by atoms with Crippen molar-refractivity contribution in [2.45, 2.75) is 13.1 Å². The van der Waals surface area contributed by atoms with Crippen molar-refractivity contribution in [1.29, 1.82) is 0 Å². The van der Waals surface area contributed by atoms with Crippen LogP contribution in [0.5, 0.6) is 11.5 Å². The molecule has 2 aromatic rings. The largest absolute Gasteiger partial charge is 0.497 e. The van der Waals surface area contributed by atoms with E-state index in [4.69, 9.17) is 9.47 Å². The van der Waals surface area contributed by atoms with Gasteiger partial charge >= 0.3 is 6.18 Å². The van der Waals surface area contributed by atoms with Crippen LogP contribution in [0.25, 0.3) is 5.57 Å². The predicted octanol–water partition coefficient (Wildman–Crippen LogP) is 4.76. The summed E-state index contributed by atoms with van der Waals surface area (Å²) in [6.45, 7) is 1.70. The lowest BCUT2D eigenvalue weighted by molar-refractivity contribution is -0.137. The van der Waals surface area contributed by atoms with Crippen molar-refractivity contribution in [3.63, 3.8) is 0 Å². The zero-order valence-corrected chi connectivity index (χ0v) is 14.5. The quantitative estimate of drug-likeness (QED) is 0.777. The van der Waals surface area contributed by atoms with E-state index in [9.17, 15) is 18.0 Å². The Morgan fingerprint density at radius 3 is 2.42 bits per heavy atom. The molecule has 0 fully saturated rings. The average Bonchev–Trinajstić information content (AvgIpc) is 2.60. The van der Waals surface area contributed by atoms with Gasteiger partial charge in [-0.2, -0.15) is 13.2 Å². The smallest absolute Gasteiger partial charge is 0.416 e. The van der Waals surface area contributed by atoms with Gasteiger partial charge in [0, 0.05) is 23.4 Å². The van der Waals surface area contributed by atoms with Crippen LogP contribution in [0.3, 0.4) is 0 Å². The first kappa shape index (κ1) is 19.4. The Morgan fingerprint density at radius 2 is 1.81 bits per heavy atom. The molecule has 0 saturated heterocycles. The molecule has 0 bridgehead atoms. The van der Waals surface area contributed by atoms with Crippen molar-refractivity contribution in [3.05, 3.63) is 59.7 Å². The van der Waals surface area contributed by atoms with Gasteiger partial charge in [0.25, 0.3) is 0 Å². The minimum absolute atomic E-state index is 0.0653. The molecule has 0 aliphatic rings. The second kappa shape index (κ2) is 7.95. The normalized spacial score (nSPS) is 11.8. The average molecular weight is 365 g/mol. The standard InChI is InChI=1S/C19H18F3NO3/c1-12(16-8-7-15(25-2)11-17(16)26-3)9-18(24)23-14-6-4-5-13(10-14)19(20,21)22/h4-11H,1-3H3,(H,23,24)/b12-9+. The van der Waals surface area contributed by atoms with E-state index < -0.39 is 17.6 Å². The third kappa shape index (κ3) is 4.78. The zero-order valence-electron chi connectivity index (χ0n) is 14.5. The van der Waals surface area contributed by atoms with E-state index in [-0.39, 0.29) is 5.69 Å². The van der Waals surface area contributed by atoms with Gasteiger partial charge in [0.2, 0.25) is 5.91 Å². The van der Waals surface area contributed by atoms with E-state index in [1.165, 1.54) is 32.4 Å². The maximum Gasteiger partial charge on any atom is 0.416 e. The highest BCUT2D eigenvalue weighted by Gasteiger charge is 2.30. The molecule has 0 unspecified atom stereocenters.